The van der Waals surface area contributed by atoms with Crippen LogP contribution in [0.3, 0.4) is 0 Å². The van der Waals surface area contributed by atoms with Gasteiger partial charge in [0.1, 0.15) is 5.75 Å². The Hall–Kier alpha value is -3.29. The van der Waals surface area contributed by atoms with Gasteiger partial charge in [0.2, 0.25) is 5.91 Å². The minimum absolute atomic E-state index is 0.0978. The van der Waals surface area contributed by atoms with Crippen LogP contribution in [0.25, 0.3) is 22.2 Å². The zero-order valence-electron chi connectivity index (χ0n) is 18.2. The van der Waals surface area contributed by atoms with Gasteiger partial charge in [-0.15, -0.1) is 0 Å². The van der Waals surface area contributed by atoms with Gasteiger partial charge in [0.05, 0.1) is 22.7 Å². The monoisotopic (exact) mass is 482 g/mol. The highest BCUT2D eigenvalue weighted by Gasteiger charge is 2.16. The van der Waals surface area contributed by atoms with E-state index >= 15 is 0 Å². The molecular weight excluding hydrogens is 460 g/mol. The van der Waals surface area contributed by atoms with Gasteiger partial charge in [-0.25, -0.2) is 8.42 Å². The average Bonchev–Trinajstić information content (AvgIpc) is 3.17. The van der Waals surface area contributed by atoms with Crippen molar-refractivity contribution < 1.29 is 17.9 Å². The number of carbonyl (C=O) groups is 1. The van der Waals surface area contributed by atoms with Gasteiger partial charge in [-0.1, -0.05) is 29.8 Å². The molecule has 33 heavy (non-hydrogen) atoms. The summed E-state index contributed by atoms with van der Waals surface area (Å²) in [7, 11) is -1.79. The molecule has 0 bridgehead atoms. The van der Waals surface area contributed by atoms with Crippen molar-refractivity contribution in [3.63, 3.8) is 0 Å². The number of anilines is 1. The Balaban J connectivity index is 1.59. The number of hydrogen-bond donors (Lipinski definition) is 2. The second kappa shape index (κ2) is 9.29. The van der Waals surface area contributed by atoms with Gasteiger partial charge in [-0.05, 0) is 66.1 Å². The number of aromatic nitrogens is 1. The number of benzene rings is 3. The van der Waals surface area contributed by atoms with Crippen molar-refractivity contribution in [3.8, 4) is 17.0 Å². The summed E-state index contributed by atoms with van der Waals surface area (Å²) in [5.41, 5.74) is 4.23. The second-order valence-corrected chi connectivity index (χ2v) is 10.1. The number of aromatic amines is 1. The van der Waals surface area contributed by atoms with Crippen LogP contribution < -0.4 is 10.1 Å². The summed E-state index contributed by atoms with van der Waals surface area (Å²) in [6.07, 6.45) is 1.80. The maximum absolute atomic E-state index is 12.7. The predicted octanol–water partition coefficient (Wildman–Crippen LogP) is 5.47. The molecule has 0 aliphatic heterocycles. The highest BCUT2D eigenvalue weighted by atomic mass is 35.5. The quantitative estimate of drug-likeness (QED) is 0.365. The molecule has 4 rings (SSSR count). The predicted molar refractivity (Wildman–Crippen MR) is 132 cm³/mol. The zero-order valence-corrected chi connectivity index (χ0v) is 19.8. The standard InChI is InChI=1S/C25H23ClN2O4S/c1-32-17-9-7-16(8-10-17)25-20(19-5-3-4-6-22(19)28-25)12-14-24(29)27-23-15-18(33(2,30)31)11-13-21(23)26/h3-11,13,15,28H,12,14H2,1-2H3,(H,27,29). The number of aryl methyl sites for hydroxylation is 1. The lowest BCUT2D eigenvalue weighted by molar-refractivity contribution is -0.116. The highest BCUT2D eigenvalue weighted by molar-refractivity contribution is 7.90. The summed E-state index contributed by atoms with van der Waals surface area (Å²) in [5, 5.41) is 4.07. The van der Waals surface area contributed by atoms with E-state index in [2.05, 4.69) is 10.3 Å². The first-order valence-corrected chi connectivity index (χ1v) is 12.6. The van der Waals surface area contributed by atoms with Crippen LogP contribution in [0, 0.1) is 0 Å². The molecule has 6 nitrogen and oxygen atoms in total. The number of hydrogen-bond acceptors (Lipinski definition) is 4. The molecule has 0 radical (unpaired) electrons. The fourth-order valence-electron chi connectivity index (χ4n) is 3.75. The molecule has 0 aliphatic rings. The number of halogens is 1. The molecular formula is C25H23ClN2O4S. The summed E-state index contributed by atoms with van der Waals surface area (Å²) in [4.78, 5) is 16.3. The molecule has 0 spiro atoms. The first-order valence-electron chi connectivity index (χ1n) is 10.3. The van der Waals surface area contributed by atoms with E-state index in [4.69, 9.17) is 16.3 Å². The number of sulfone groups is 1. The topological polar surface area (TPSA) is 88.3 Å². The van der Waals surface area contributed by atoms with Crippen molar-refractivity contribution in [1.29, 1.82) is 0 Å². The number of H-pyrrole nitrogens is 1. The molecule has 1 heterocycles. The molecule has 0 fully saturated rings. The maximum atomic E-state index is 12.7. The summed E-state index contributed by atoms with van der Waals surface area (Å²) < 4.78 is 28.9. The van der Waals surface area contributed by atoms with Crippen molar-refractivity contribution in [1.82, 2.24) is 4.98 Å². The number of fused-ring (bicyclic) bond motifs is 1. The largest absolute Gasteiger partial charge is 0.497 e. The highest BCUT2D eigenvalue weighted by Crippen LogP contribution is 2.32. The van der Waals surface area contributed by atoms with Crippen LogP contribution in [0.5, 0.6) is 5.75 Å². The molecule has 2 N–H and O–H groups in total. The zero-order chi connectivity index (χ0) is 23.6. The smallest absolute Gasteiger partial charge is 0.224 e. The van der Waals surface area contributed by atoms with Crippen LogP contribution in [0.4, 0.5) is 5.69 Å². The molecule has 170 valence electrons. The van der Waals surface area contributed by atoms with Crippen molar-refractivity contribution >= 4 is 43.9 Å². The van der Waals surface area contributed by atoms with E-state index in [0.717, 1.165) is 39.7 Å². The minimum Gasteiger partial charge on any atom is -0.497 e. The minimum atomic E-state index is -3.41. The van der Waals surface area contributed by atoms with Crippen LogP contribution in [0.2, 0.25) is 5.02 Å². The van der Waals surface area contributed by atoms with Gasteiger partial charge in [-0.3, -0.25) is 4.79 Å². The van der Waals surface area contributed by atoms with E-state index in [1.165, 1.54) is 18.2 Å². The van der Waals surface area contributed by atoms with Crippen LogP contribution in [-0.2, 0) is 21.1 Å². The molecule has 1 amide bonds. The molecule has 0 aliphatic carbocycles. The number of rotatable bonds is 7. The third-order valence-corrected chi connectivity index (χ3v) is 6.87. The lowest BCUT2D eigenvalue weighted by Gasteiger charge is -2.10. The van der Waals surface area contributed by atoms with Crippen LogP contribution in [0.1, 0.15) is 12.0 Å². The third kappa shape index (κ3) is 5.05. The lowest BCUT2D eigenvalue weighted by atomic mass is 10.0. The SMILES string of the molecule is COc1ccc(-c2[nH]c3ccccc3c2CCC(=O)Nc2cc(S(C)(=O)=O)ccc2Cl)cc1. The average molecular weight is 483 g/mol. The Bertz CT molecular complexity index is 1430. The van der Waals surface area contributed by atoms with E-state index in [1.54, 1.807) is 7.11 Å². The van der Waals surface area contributed by atoms with Crippen molar-refractivity contribution in [3.05, 3.63) is 77.3 Å². The molecule has 0 atom stereocenters. The van der Waals surface area contributed by atoms with Crippen molar-refractivity contribution in [2.45, 2.75) is 17.7 Å². The maximum Gasteiger partial charge on any atom is 0.224 e. The van der Waals surface area contributed by atoms with E-state index < -0.39 is 9.84 Å². The van der Waals surface area contributed by atoms with Crippen LogP contribution in [-0.4, -0.2) is 32.7 Å². The molecule has 0 saturated carbocycles. The molecule has 0 saturated heterocycles. The van der Waals surface area contributed by atoms with E-state index in [-0.39, 0.29) is 27.9 Å². The molecule has 8 heteroatoms. The number of ether oxygens (including phenoxy) is 1. The van der Waals surface area contributed by atoms with Gasteiger partial charge in [-0.2, -0.15) is 0 Å². The summed E-state index contributed by atoms with van der Waals surface area (Å²) in [6.45, 7) is 0. The Labute approximate surface area is 197 Å². The number of nitrogens with one attached hydrogen (secondary N) is 2. The summed E-state index contributed by atoms with van der Waals surface area (Å²) in [5.74, 6) is 0.512. The Kier molecular flexibility index (Phi) is 6.44. The van der Waals surface area contributed by atoms with Gasteiger partial charge >= 0.3 is 0 Å². The Morgan fingerprint density at radius 2 is 1.79 bits per heavy atom. The van der Waals surface area contributed by atoms with E-state index in [1.807, 2.05) is 48.5 Å². The fraction of sp³-hybridized carbons (Fsp3) is 0.160. The van der Waals surface area contributed by atoms with E-state index in [9.17, 15) is 13.2 Å². The third-order valence-electron chi connectivity index (χ3n) is 5.43. The number of carbonyl (C=O) groups excluding carboxylic acids is 1. The number of amides is 1. The summed E-state index contributed by atoms with van der Waals surface area (Å²) in [6, 6.07) is 20.0. The van der Waals surface area contributed by atoms with Gasteiger partial charge in [0.25, 0.3) is 0 Å². The Morgan fingerprint density at radius 3 is 2.48 bits per heavy atom. The Morgan fingerprint density at radius 1 is 1.06 bits per heavy atom. The second-order valence-electron chi connectivity index (χ2n) is 7.71. The fourth-order valence-corrected chi connectivity index (χ4v) is 4.56. The lowest BCUT2D eigenvalue weighted by Crippen LogP contribution is -2.13. The normalized spacial score (nSPS) is 11.5. The molecule has 3 aromatic carbocycles. The van der Waals surface area contributed by atoms with Crippen LogP contribution in [0.15, 0.2) is 71.6 Å². The van der Waals surface area contributed by atoms with Crippen molar-refractivity contribution in [2.24, 2.45) is 0 Å². The summed E-state index contributed by atoms with van der Waals surface area (Å²) >= 11 is 6.17. The van der Waals surface area contributed by atoms with Gasteiger partial charge < -0.3 is 15.0 Å². The number of methoxy groups -OCH3 is 1. The van der Waals surface area contributed by atoms with E-state index in [0.29, 0.717) is 6.42 Å². The number of para-hydroxylation sites is 1. The first-order chi connectivity index (χ1) is 15.8. The van der Waals surface area contributed by atoms with Crippen LogP contribution >= 0.6 is 11.6 Å². The molecule has 1 aromatic heterocycles. The van der Waals surface area contributed by atoms with Gasteiger partial charge in [0.15, 0.2) is 9.84 Å². The molecule has 0 unspecified atom stereocenters. The van der Waals surface area contributed by atoms with Gasteiger partial charge in [0, 0.05) is 29.3 Å². The molecule has 4 aromatic rings. The van der Waals surface area contributed by atoms with Crippen molar-refractivity contribution in [2.75, 3.05) is 18.7 Å². The first kappa shape index (κ1) is 22.9.